The molecular formula is C24H22IrNO-. The van der Waals surface area contributed by atoms with E-state index in [1.54, 1.807) is 0 Å². The third-order valence-electron chi connectivity index (χ3n) is 5.83. The fraction of sp³-hybridized carbons (Fsp3) is 0.292. The van der Waals surface area contributed by atoms with Crippen LogP contribution in [0.15, 0.2) is 53.1 Å². The molecule has 4 aromatic rings. The fourth-order valence-electron chi connectivity index (χ4n) is 4.81. The van der Waals surface area contributed by atoms with E-state index in [1.165, 1.54) is 11.1 Å². The number of pyridine rings is 1. The molecule has 2 heterocycles. The molecule has 0 atom stereocenters. The van der Waals surface area contributed by atoms with E-state index in [1.807, 2.05) is 24.3 Å². The number of benzene rings is 2. The van der Waals surface area contributed by atoms with Crippen LogP contribution in [-0.4, -0.2) is 4.98 Å². The minimum absolute atomic E-state index is 0. The van der Waals surface area contributed by atoms with Gasteiger partial charge in [0.25, 0.3) is 0 Å². The Morgan fingerprint density at radius 1 is 0.926 bits per heavy atom. The van der Waals surface area contributed by atoms with E-state index < -0.39 is 0 Å². The summed E-state index contributed by atoms with van der Waals surface area (Å²) < 4.78 is 5.93. The normalized spacial score (nSPS) is 17.0. The standard InChI is InChI=1S/C24H22NO.Ir/c1-23(2)14-24(3,4)19-13-25-20(12-18(19)23)15-9-10-22-17(11-15)16-7-5-6-8-21(16)26-22;/h5-8,10-13H,14H2,1-4H3;/q-1;. The van der Waals surface area contributed by atoms with Gasteiger partial charge in [0, 0.05) is 31.7 Å². The summed E-state index contributed by atoms with van der Waals surface area (Å²) in [6.45, 7) is 9.30. The second kappa shape index (κ2) is 6.02. The van der Waals surface area contributed by atoms with Crippen LogP contribution in [0.4, 0.5) is 0 Å². The molecule has 0 N–H and O–H groups in total. The number of hydrogen-bond acceptors (Lipinski definition) is 2. The summed E-state index contributed by atoms with van der Waals surface area (Å²) in [5.74, 6) is 0. The van der Waals surface area contributed by atoms with Gasteiger partial charge in [0.05, 0.1) is 5.58 Å². The molecule has 0 aliphatic heterocycles. The molecule has 0 bridgehead atoms. The molecule has 0 fully saturated rings. The minimum atomic E-state index is 0. The Morgan fingerprint density at radius 3 is 2.48 bits per heavy atom. The summed E-state index contributed by atoms with van der Waals surface area (Å²) >= 11 is 0. The van der Waals surface area contributed by atoms with Crippen molar-refractivity contribution in [2.24, 2.45) is 0 Å². The second-order valence-electron chi connectivity index (χ2n) is 8.78. The maximum Gasteiger partial charge on any atom is 0.120 e. The number of para-hydroxylation sites is 1. The van der Waals surface area contributed by atoms with Crippen LogP contribution in [0.25, 0.3) is 33.2 Å². The average Bonchev–Trinajstić information content (AvgIpc) is 3.06. The van der Waals surface area contributed by atoms with E-state index in [9.17, 15) is 0 Å². The Morgan fingerprint density at radius 2 is 1.67 bits per heavy atom. The van der Waals surface area contributed by atoms with Crippen molar-refractivity contribution in [1.29, 1.82) is 0 Å². The van der Waals surface area contributed by atoms with Gasteiger partial charge < -0.3 is 9.40 Å². The molecular weight excluding hydrogens is 510 g/mol. The van der Waals surface area contributed by atoms with Crippen LogP contribution in [0.1, 0.15) is 45.2 Å². The molecule has 27 heavy (non-hydrogen) atoms. The monoisotopic (exact) mass is 533 g/mol. The first-order chi connectivity index (χ1) is 12.4. The molecule has 1 aliphatic rings. The molecule has 139 valence electrons. The van der Waals surface area contributed by atoms with E-state index >= 15 is 0 Å². The van der Waals surface area contributed by atoms with Crippen molar-refractivity contribution >= 4 is 21.9 Å². The van der Waals surface area contributed by atoms with Gasteiger partial charge in [0.15, 0.2) is 0 Å². The zero-order valence-corrected chi connectivity index (χ0v) is 18.4. The van der Waals surface area contributed by atoms with Gasteiger partial charge in [-0.05, 0) is 40.1 Å². The summed E-state index contributed by atoms with van der Waals surface area (Å²) in [7, 11) is 0. The van der Waals surface area contributed by atoms with Crippen molar-refractivity contribution < 1.29 is 24.5 Å². The maximum atomic E-state index is 5.93. The van der Waals surface area contributed by atoms with Crippen LogP contribution < -0.4 is 0 Å². The summed E-state index contributed by atoms with van der Waals surface area (Å²) in [5, 5.41) is 2.26. The zero-order chi connectivity index (χ0) is 18.1. The fourth-order valence-corrected chi connectivity index (χ4v) is 4.81. The Labute approximate surface area is 173 Å². The van der Waals surface area contributed by atoms with Crippen LogP contribution in [0, 0.1) is 6.07 Å². The first-order valence-electron chi connectivity index (χ1n) is 9.20. The van der Waals surface area contributed by atoms with Crippen LogP contribution in [-0.2, 0) is 30.9 Å². The quantitative estimate of drug-likeness (QED) is 0.265. The molecule has 0 spiro atoms. The number of furan rings is 1. The van der Waals surface area contributed by atoms with Crippen LogP contribution in [0.5, 0.6) is 0 Å². The number of aromatic nitrogens is 1. The Kier molecular flexibility index (Phi) is 4.10. The summed E-state index contributed by atoms with van der Waals surface area (Å²) in [5.41, 5.74) is 6.94. The Balaban J connectivity index is 0.00000180. The van der Waals surface area contributed by atoms with Gasteiger partial charge in [0.2, 0.25) is 0 Å². The van der Waals surface area contributed by atoms with Crippen molar-refractivity contribution in [3.8, 4) is 11.3 Å². The molecule has 0 amide bonds. The molecule has 0 saturated heterocycles. The summed E-state index contributed by atoms with van der Waals surface area (Å²) in [6.07, 6.45) is 3.22. The summed E-state index contributed by atoms with van der Waals surface area (Å²) in [6, 6.07) is 17.9. The molecule has 1 aliphatic carbocycles. The third-order valence-corrected chi connectivity index (χ3v) is 5.83. The van der Waals surface area contributed by atoms with Crippen LogP contribution >= 0.6 is 0 Å². The molecule has 2 aromatic heterocycles. The van der Waals surface area contributed by atoms with Crippen LogP contribution in [0.2, 0.25) is 0 Å². The SMILES string of the molecule is CC1(C)CC(C)(C)c2cc(-c3[c-]cc4oc5ccccc5c4c3)ncc21.[Ir]. The van der Waals surface area contributed by atoms with E-state index in [4.69, 9.17) is 9.40 Å². The van der Waals surface area contributed by atoms with Gasteiger partial charge in [-0.2, -0.15) is 0 Å². The van der Waals surface area contributed by atoms with Crippen molar-refractivity contribution in [3.63, 3.8) is 0 Å². The molecule has 2 aromatic carbocycles. The van der Waals surface area contributed by atoms with Crippen molar-refractivity contribution in [2.45, 2.75) is 44.9 Å². The van der Waals surface area contributed by atoms with Crippen LogP contribution in [0.3, 0.4) is 0 Å². The topological polar surface area (TPSA) is 26.0 Å². The van der Waals surface area contributed by atoms with Gasteiger partial charge in [-0.1, -0.05) is 57.3 Å². The summed E-state index contributed by atoms with van der Waals surface area (Å²) in [4.78, 5) is 4.79. The Bertz CT molecular complexity index is 1170. The molecule has 5 rings (SSSR count). The van der Waals surface area contributed by atoms with E-state index in [0.29, 0.717) is 0 Å². The number of nitrogens with zero attached hydrogens (tertiary/aromatic N) is 1. The predicted octanol–water partition coefficient (Wildman–Crippen LogP) is 6.40. The first-order valence-corrected chi connectivity index (χ1v) is 9.20. The van der Waals surface area contributed by atoms with Gasteiger partial charge >= 0.3 is 0 Å². The smallest absolute Gasteiger partial charge is 0.120 e. The molecule has 2 nitrogen and oxygen atoms in total. The van der Waals surface area contributed by atoms with E-state index in [-0.39, 0.29) is 30.9 Å². The first kappa shape index (κ1) is 18.4. The van der Waals surface area contributed by atoms with E-state index in [0.717, 1.165) is 39.6 Å². The van der Waals surface area contributed by atoms with Crippen molar-refractivity contribution in [1.82, 2.24) is 4.98 Å². The zero-order valence-electron chi connectivity index (χ0n) is 16.0. The molecule has 1 radical (unpaired) electrons. The van der Waals surface area contributed by atoms with Crippen molar-refractivity contribution in [3.05, 3.63) is 65.9 Å². The number of rotatable bonds is 1. The van der Waals surface area contributed by atoms with Gasteiger partial charge in [0.1, 0.15) is 5.58 Å². The number of fused-ring (bicyclic) bond motifs is 4. The minimum Gasteiger partial charge on any atom is -0.500 e. The largest absolute Gasteiger partial charge is 0.500 e. The van der Waals surface area contributed by atoms with Gasteiger partial charge in [-0.15, -0.1) is 23.8 Å². The molecule has 0 saturated carbocycles. The molecule has 0 unspecified atom stereocenters. The molecule has 3 heteroatoms. The van der Waals surface area contributed by atoms with Gasteiger partial charge in [-0.25, -0.2) is 0 Å². The third kappa shape index (κ3) is 2.76. The average molecular weight is 533 g/mol. The predicted molar refractivity (Wildman–Crippen MR) is 106 cm³/mol. The van der Waals surface area contributed by atoms with Gasteiger partial charge in [-0.3, -0.25) is 0 Å². The Hall–Kier alpha value is -1.96. The maximum absolute atomic E-state index is 5.93. The van der Waals surface area contributed by atoms with Crippen molar-refractivity contribution in [2.75, 3.05) is 0 Å². The van der Waals surface area contributed by atoms with E-state index in [2.05, 4.69) is 58.2 Å². The number of hydrogen-bond donors (Lipinski definition) is 0. The second-order valence-corrected chi connectivity index (χ2v) is 8.78.